The summed E-state index contributed by atoms with van der Waals surface area (Å²) in [4.78, 5) is 11.0. The van der Waals surface area contributed by atoms with E-state index in [1.165, 1.54) is 0 Å². The van der Waals surface area contributed by atoms with Gasteiger partial charge in [-0.1, -0.05) is 31.2 Å². The number of carbonyl (C=O) groups is 1. The van der Waals surface area contributed by atoms with Crippen molar-refractivity contribution in [3.8, 4) is 0 Å². The number of hydrogen-bond acceptors (Lipinski definition) is 4. The second-order valence-electron chi connectivity index (χ2n) is 5.93. The molecule has 0 fully saturated rings. The van der Waals surface area contributed by atoms with Crippen LogP contribution in [-0.2, 0) is 11.2 Å². The first kappa shape index (κ1) is 17.6. The van der Waals surface area contributed by atoms with E-state index < -0.39 is 23.7 Å². The SMILES string of the molecule is CCc1ccc(C(O)C(CC(=O)O)NC(C)(C)CO)cc1. The van der Waals surface area contributed by atoms with Crippen molar-refractivity contribution in [1.82, 2.24) is 5.32 Å². The maximum atomic E-state index is 11.0. The van der Waals surface area contributed by atoms with Crippen LogP contribution in [0.4, 0.5) is 0 Å². The summed E-state index contributed by atoms with van der Waals surface area (Å²) in [5, 5.41) is 31.8. The molecule has 1 rings (SSSR count). The van der Waals surface area contributed by atoms with E-state index >= 15 is 0 Å². The topological polar surface area (TPSA) is 89.8 Å². The van der Waals surface area contributed by atoms with E-state index in [0.29, 0.717) is 5.56 Å². The summed E-state index contributed by atoms with van der Waals surface area (Å²) < 4.78 is 0. The highest BCUT2D eigenvalue weighted by Gasteiger charge is 2.29. The van der Waals surface area contributed by atoms with Gasteiger partial charge in [0.15, 0.2) is 0 Å². The third-order valence-electron chi connectivity index (χ3n) is 3.48. The summed E-state index contributed by atoms with van der Waals surface area (Å²) in [6.07, 6.45) is -0.261. The van der Waals surface area contributed by atoms with E-state index in [1.807, 2.05) is 31.2 Å². The van der Waals surface area contributed by atoms with E-state index in [0.717, 1.165) is 12.0 Å². The Hall–Kier alpha value is -1.43. The predicted octanol–water partition coefficient (Wildman–Crippen LogP) is 1.49. The molecule has 4 N–H and O–H groups in total. The van der Waals surface area contributed by atoms with Gasteiger partial charge in [-0.25, -0.2) is 0 Å². The maximum absolute atomic E-state index is 11.0. The molecule has 2 atom stereocenters. The lowest BCUT2D eigenvalue weighted by atomic mass is 9.95. The first-order valence-electron chi connectivity index (χ1n) is 7.16. The minimum atomic E-state index is -0.995. The Balaban J connectivity index is 2.92. The quantitative estimate of drug-likeness (QED) is 0.583. The number of benzene rings is 1. The van der Waals surface area contributed by atoms with Crippen molar-refractivity contribution in [2.75, 3.05) is 6.61 Å². The van der Waals surface area contributed by atoms with Crippen molar-refractivity contribution in [2.24, 2.45) is 0 Å². The molecule has 0 saturated carbocycles. The van der Waals surface area contributed by atoms with E-state index in [2.05, 4.69) is 5.32 Å². The summed E-state index contributed by atoms with van der Waals surface area (Å²) in [7, 11) is 0. The van der Waals surface area contributed by atoms with Crippen LogP contribution in [0.25, 0.3) is 0 Å². The lowest BCUT2D eigenvalue weighted by Gasteiger charge is -2.32. The second kappa shape index (κ2) is 7.54. The number of rotatable bonds is 8. The van der Waals surface area contributed by atoms with Gasteiger partial charge in [-0.2, -0.15) is 0 Å². The number of aryl methyl sites for hydroxylation is 1. The molecule has 0 aromatic heterocycles. The van der Waals surface area contributed by atoms with Crippen molar-refractivity contribution < 1.29 is 20.1 Å². The van der Waals surface area contributed by atoms with E-state index in [-0.39, 0.29) is 13.0 Å². The largest absolute Gasteiger partial charge is 0.481 e. The summed E-state index contributed by atoms with van der Waals surface area (Å²) in [6, 6.07) is 6.80. The first-order chi connectivity index (χ1) is 9.79. The van der Waals surface area contributed by atoms with Gasteiger partial charge in [-0.05, 0) is 31.4 Å². The fourth-order valence-corrected chi connectivity index (χ4v) is 2.16. The highest BCUT2D eigenvalue weighted by Crippen LogP contribution is 2.22. The van der Waals surface area contributed by atoms with Crippen molar-refractivity contribution in [3.63, 3.8) is 0 Å². The van der Waals surface area contributed by atoms with Gasteiger partial charge in [0.2, 0.25) is 0 Å². The molecule has 5 heteroatoms. The Morgan fingerprint density at radius 2 is 1.86 bits per heavy atom. The van der Waals surface area contributed by atoms with Crippen molar-refractivity contribution in [1.29, 1.82) is 0 Å². The van der Waals surface area contributed by atoms with Gasteiger partial charge in [0.25, 0.3) is 0 Å². The third kappa shape index (κ3) is 5.46. The normalized spacial score (nSPS) is 14.7. The zero-order valence-electron chi connectivity index (χ0n) is 12.8. The molecule has 0 radical (unpaired) electrons. The van der Waals surface area contributed by atoms with Crippen LogP contribution in [0.15, 0.2) is 24.3 Å². The standard InChI is InChI=1S/C16H25NO4/c1-4-11-5-7-12(8-6-11)15(21)13(9-14(19)20)17-16(2,3)10-18/h5-8,13,15,17-18,21H,4,9-10H2,1-3H3,(H,19,20). The zero-order chi connectivity index (χ0) is 16.0. The minimum absolute atomic E-state index is 0.148. The molecule has 0 aliphatic carbocycles. The second-order valence-corrected chi connectivity index (χ2v) is 5.93. The van der Waals surface area contributed by atoms with Gasteiger partial charge in [0.05, 0.1) is 19.1 Å². The summed E-state index contributed by atoms with van der Waals surface area (Å²) in [6.45, 7) is 5.41. The zero-order valence-corrected chi connectivity index (χ0v) is 12.8. The van der Waals surface area contributed by atoms with E-state index in [4.69, 9.17) is 5.11 Å². The Labute approximate surface area is 125 Å². The van der Waals surface area contributed by atoms with Gasteiger partial charge < -0.3 is 20.6 Å². The van der Waals surface area contributed by atoms with Crippen molar-refractivity contribution in [3.05, 3.63) is 35.4 Å². The Kier molecular flexibility index (Phi) is 6.33. The number of carboxylic acids is 1. The van der Waals surface area contributed by atoms with Gasteiger partial charge in [-0.15, -0.1) is 0 Å². The molecular formula is C16H25NO4. The predicted molar refractivity (Wildman–Crippen MR) is 81.1 cm³/mol. The Morgan fingerprint density at radius 3 is 2.29 bits per heavy atom. The van der Waals surface area contributed by atoms with Gasteiger partial charge in [0.1, 0.15) is 0 Å². The molecule has 118 valence electrons. The van der Waals surface area contributed by atoms with E-state index in [9.17, 15) is 15.0 Å². The van der Waals surface area contributed by atoms with Gasteiger partial charge in [0, 0.05) is 11.6 Å². The molecule has 5 nitrogen and oxygen atoms in total. The number of aliphatic hydroxyl groups excluding tert-OH is 2. The number of carboxylic acid groups (broad SMARTS) is 1. The van der Waals surface area contributed by atoms with Crippen LogP contribution >= 0.6 is 0 Å². The number of hydrogen-bond donors (Lipinski definition) is 4. The average molecular weight is 295 g/mol. The molecule has 21 heavy (non-hydrogen) atoms. The lowest BCUT2D eigenvalue weighted by Crippen LogP contribution is -2.51. The fraction of sp³-hybridized carbons (Fsp3) is 0.562. The summed E-state index contributed by atoms with van der Waals surface area (Å²) in [5.41, 5.74) is 1.16. The first-order valence-corrected chi connectivity index (χ1v) is 7.16. The van der Waals surface area contributed by atoms with Crippen LogP contribution < -0.4 is 5.32 Å². The van der Waals surface area contributed by atoms with E-state index in [1.54, 1.807) is 13.8 Å². The molecule has 1 aromatic carbocycles. The summed E-state index contributed by atoms with van der Waals surface area (Å²) >= 11 is 0. The van der Waals surface area contributed by atoms with Crippen LogP contribution in [0.3, 0.4) is 0 Å². The Bertz CT molecular complexity index is 456. The van der Waals surface area contributed by atoms with Crippen LogP contribution in [0, 0.1) is 0 Å². The minimum Gasteiger partial charge on any atom is -0.481 e. The number of aliphatic hydroxyl groups is 2. The highest BCUT2D eigenvalue weighted by atomic mass is 16.4. The molecule has 0 bridgehead atoms. The lowest BCUT2D eigenvalue weighted by molar-refractivity contribution is -0.138. The van der Waals surface area contributed by atoms with Crippen LogP contribution in [0.5, 0.6) is 0 Å². The summed E-state index contributed by atoms with van der Waals surface area (Å²) in [5.74, 6) is -0.995. The monoisotopic (exact) mass is 295 g/mol. The molecule has 2 unspecified atom stereocenters. The number of aliphatic carboxylic acids is 1. The molecule has 0 spiro atoms. The average Bonchev–Trinajstić information content (AvgIpc) is 2.45. The number of nitrogens with one attached hydrogen (secondary N) is 1. The van der Waals surface area contributed by atoms with Crippen LogP contribution in [-0.4, -0.2) is 39.5 Å². The smallest absolute Gasteiger partial charge is 0.305 e. The molecule has 0 heterocycles. The molecular weight excluding hydrogens is 270 g/mol. The third-order valence-corrected chi connectivity index (χ3v) is 3.48. The van der Waals surface area contributed by atoms with Gasteiger partial charge >= 0.3 is 5.97 Å². The molecule has 1 aromatic rings. The fourth-order valence-electron chi connectivity index (χ4n) is 2.16. The van der Waals surface area contributed by atoms with Crippen molar-refractivity contribution in [2.45, 2.75) is 51.3 Å². The molecule has 0 saturated heterocycles. The highest BCUT2D eigenvalue weighted by molar-refractivity contribution is 5.67. The van der Waals surface area contributed by atoms with Crippen molar-refractivity contribution >= 4 is 5.97 Å². The van der Waals surface area contributed by atoms with Crippen LogP contribution in [0.1, 0.15) is 44.4 Å². The maximum Gasteiger partial charge on any atom is 0.305 e. The van der Waals surface area contributed by atoms with Crippen LogP contribution in [0.2, 0.25) is 0 Å². The molecule has 0 amide bonds. The molecule has 0 aliphatic rings. The Morgan fingerprint density at radius 1 is 1.29 bits per heavy atom. The molecule has 0 aliphatic heterocycles. The van der Waals surface area contributed by atoms with Gasteiger partial charge in [-0.3, -0.25) is 4.79 Å².